The number of hydrogen-bond donors (Lipinski definition) is 1. The predicted molar refractivity (Wildman–Crippen MR) is 68.1 cm³/mol. The van der Waals surface area contributed by atoms with E-state index in [9.17, 15) is 4.39 Å². The Hall–Kier alpha value is -1.68. The maximum absolute atomic E-state index is 12.7. The average Bonchev–Trinajstić information content (AvgIpc) is 2.69. The minimum Gasteiger partial charge on any atom is -0.346 e. The Balaban J connectivity index is 1.87. The summed E-state index contributed by atoms with van der Waals surface area (Å²) in [5.74, 6) is -0.0569. The zero-order valence-electron chi connectivity index (χ0n) is 9.48. The molecule has 0 amide bonds. The maximum atomic E-state index is 12.7. The molecule has 18 heavy (non-hydrogen) atoms. The molecule has 5 heteroatoms. The van der Waals surface area contributed by atoms with Crippen molar-refractivity contribution in [3.05, 3.63) is 53.6 Å². The zero-order chi connectivity index (χ0) is 12.5. The van der Waals surface area contributed by atoms with E-state index in [-0.39, 0.29) is 11.4 Å². The van der Waals surface area contributed by atoms with E-state index in [1.165, 1.54) is 5.56 Å². The molecule has 92 valence electrons. The van der Waals surface area contributed by atoms with Crippen molar-refractivity contribution in [1.82, 2.24) is 9.97 Å². The quantitative estimate of drug-likeness (QED) is 0.847. The number of benzene rings is 1. The zero-order valence-corrected chi connectivity index (χ0v) is 10.2. The number of fused-ring (bicyclic) bond motifs is 1. The normalized spacial score (nSPS) is 21.7. The van der Waals surface area contributed by atoms with Crippen molar-refractivity contribution in [3.63, 3.8) is 0 Å². The van der Waals surface area contributed by atoms with Gasteiger partial charge in [0.05, 0.1) is 23.8 Å². The van der Waals surface area contributed by atoms with Crippen LogP contribution >= 0.6 is 11.6 Å². The second-order valence-electron chi connectivity index (χ2n) is 4.27. The SMILES string of the molecule is Fc1cnc(NC2c3ccccc3CC2Cl)nc1. The van der Waals surface area contributed by atoms with Crippen LogP contribution in [-0.4, -0.2) is 15.3 Å². The van der Waals surface area contributed by atoms with Gasteiger partial charge in [-0.1, -0.05) is 24.3 Å². The lowest BCUT2D eigenvalue weighted by Crippen LogP contribution is -2.18. The van der Waals surface area contributed by atoms with Crippen molar-refractivity contribution in [1.29, 1.82) is 0 Å². The molecule has 1 aliphatic carbocycles. The first-order chi connectivity index (χ1) is 8.74. The van der Waals surface area contributed by atoms with Crippen molar-refractivity contribution in [2.24, 2.45) is 0 Å². The topological polar surface area (TPSA) is 37.8 Å². The van der Waals surface area contributed by atoms with Crippen molar-refractivity contribution < 1.29 is 4.39 Å². The van der Waals surface area contributed by atoms with Gasteiger partial charge < -0.3 is 5.32 Å². The smallest absolute Gasteiger partial charge is 0.223 e. The van der Waals surface area contributed by atoms with Gasteiger partial charge in [0.25, 0.3) is 0 Å². The molecule has 0 radical (unpaired) electrons. The van der Waals surface area contributed by atoms with Crippen LogP contribution in [0.2, 0.25) is 0 Å². The van der Waals surface area contributed by atoms with Gasteiger partial charge in [0.1, 0.15) is 0 Å². The van der Waals surface area contributed by atoms with Crippen molar-refractivity contribution >= 4 is 17.5 Å². The van der Waals surface area contributed by atoms with Crippen molar-refractivity contribution in [2.45, 2.75) is 17.8 Å². The Morgan fingerprint density at radius 2 is 1.94 bits per heavy atom. The summed E-state index contributed by atoms with van der Waals surface area (Å²) in [5, 5.41) is 3.11. The van der Waals surface area contributed by atoms with Crippen LogP contribution in [0.1, 0.15) is 17.2 Å². The van der Waals surface area contributed by atoms with E-state index in [1.54, 1.807) is 0 Å². The molecule has 0 saturated heterocycles. The molecule has 1 N–H and O–H groups in total. The monoisotopic (exact) mass is 263 g/mol. The van der Waals surface area contributed by atoms with Crippen LogP contribution in [0.5, 0.6) is 0 Å². The fourth-order valence-electron chi connectivity index (χ4n) is 2.24. The minimum absolute atomic E-state index is 0.0340. The van der Waals surface area contributed by atoms with Gasteiger partial charge in [0, 0.05) is 0 Å². The van der Waals surface area contributed by atoms with Crippen LogP contribution in [0.25, 0.3) is 0 Å². The molecule has 2 unspecified atom stereocenters. The van der Waals surface area contributed by atoms with E-state index in [0.29, 0.717) is 5.95 Å². The molecule has 0 bridgehead atoms. The minimum atomic E-state index is -0.449. The highest BCUT2D eigenvalue weighted by molar-refractivity contribution is 6.21. The van der Waals surface area contributed by atoms with E-state index in [4.69, 9.17) is 11.6 Å². The van der Waals surface area contributed by atoms with Crippen LogP contribution in [0.15, 0.2) is 36.7 Å². The molecule has 1 aliphatic rings. The van der Waals surface area contributed by atoms with Gasteiger partial charge in [0.15, 0.2) is 5.82 Å². The Bertz CT molecular complexity index is 558. The average molecular weight is 264 g/mol. The summed E-state index contributed by atoms with van der Waals surface area (Å²) in [5.41, 5.74) is 2.39. The molecule has 1 aromatic carbocycles. The summed E-state index contributed by atoms with van der Waals surface area (Å²) < 4.78 is 12.7. The Morgan fingerprint density at radius 1 is 1.22 bits per heavy atom. The lowest BCUT2D eigenvalue weighted by atomic mass is 10.1. The second-order valence-corrected chi connectivity index (χ2v) is 4.83. The van der Waals surface area contributed by atoms with Gasteiger partial charge >= 0.3 is 0 Å². The maximum Gasteiger partial charge on any atom is 0.223 e. The number of nitrogens with zero attached hydrogens (tertiary/aromatic N) is 2. The summed E-state index contributed by atoms with van der Waals surface area (Å²) in [6, 6.07) is 8.05. The molecule has 2 atom stereocenters. The third kappa shape index (κ3) is 2.04. The van der Waals surface area contributed by atoms with E-state index in [0.717, 1.165) is 24.4 Å². The molecular formula is C13H11ClFN3. The number of aromatic nitrogens is 2. The molecule has 3 nitrogen and oxygen atoms in total. The fraction of sp³-hybridized carbons (Fsp3) is 0.231. The fourth-order valence-corrected chi connectivity index (χ4v) is 2.61. The highest BCUT2D eigenvalue weighted by atomic mass is 35.5. The van der Waals surface area contributed by atoms with E-state index in [2.05, 4.69) is 21.4 Å². The first kappa shape index (κ1) is 11.4. The van der Waals surface area contributed by atoms with Crippen molar-refractivity contribution in [3.8, 4) is 0 Å². The summed E-state index contributed by atoms with van der Waals surface area (Å²) in [7, 11) is 0. The van der Waals surface area contributed by atoms with E-state index >= 15 is 0 Å². The Labute approximate surface area is 109 Å². The van der Waals surface area contributed by atoms with Crippen LogP contribution < -0.4 is 5.32 Å². The molecule has 0 spiro atoms. The van der Waals surface area contributed by atoms with Gasteiger partial charge in [-0.25, -0.2) is 14.4 Å². The molecular weight excluding hydrogens is 253 g/mol. The second kappa shape index (κ2) is 4.53. The van der Waals surface area contributed by atoms with Crippen LogP contribution in [-0.2, 0) is 6.42 Å². The van der Waals surface area contributed by atoms with Gasteiger partial charge in [-0.05, 0) is 17.5 Å². The summed E-state index contributed by atoms with van der Waals surface area (Å²) in [6.07, 6.45) is 3.09. The summed E-state index contributed by atoms with van der Waals surface area (Å²) >= 11 is 6.33. The largest absolute Gasteiger partial charge is 0.346 e. The molecule has 0 fully saturated rings. The third-order valence-electron chi connectivity index (χ3n) is 3.07. The van der Waals surface area contributed by atoms with Crippen molar-refractivity contribution in [2.75, 3.05) is 5.32 Å². The lowest BCUT2D eigenvalue weighted by Gasteiger charge is -2.17. The van der Waals surface area contributed by atoms with Gasteiger partial charge in [-0.3, -0.25) is 0 Å². The molecule has 0 aliphatic heterocycles. The van der Waals surface area contributed by atoms with Gasteiger partial charge in [-0.2, -0.15) is 0 Å². The number of alkyl halides is 1. The number of hydrogen-bond acceptors (Lipinski definition) is 3. The molecule has 0 saturated carbocycles. The molecule has 1 heterocycles. The van der Waals surface area contributed by atoms with Crippen LogP contribution in [0.4, 0.5) is 10.3 Å². The highest BCUT2D eigenvalue weighted by Gasteiger charge is 2.31. The molecule has 1 aromatic heterocycles. The van der Waals surface area contributed by atoms with E-state index < -0.39 is 5.82 Å². The van der Waals surface area contributed by atoms with Crippen LogP contribution in [0.3, 0.4) is 0 Å². The highest BCUT2D eigenvalue weighted by Crippen LogP contribution is 2.36. The number of rotatable bonds is 2. The lowest BCUT2D eigenvalue weighted by molar-refractivity contribution is 0.613. The summed E-state index contributed by atoms with van der Waals surface area (Å²) in [4.78, 5) is 7.79. The Kier molecular flexibility index (Phi) is 2.88. The molecule has 2 aromatic rings. The third-order valence-corrected chi connectivity index (χ3v) is 3.48. The first-order valence-electron chi connectivity index (χ1n) is 5.70. The predicted octanol–water partition coefficient (Wildman–Crippen LogP) is 2.93. The number of halogens is 2. The number of nitrogens with one attached hydrogen (secondary N) is 1. The number of anilines is 1. The Morgan fingerprint density at radius 3 is 2.72 bits per heavy atom. The standard InChI is InChI=1S/C13H11ClFN3/c14-11-5-8-3-1-2-4-10(8)12(11)18-13-16-6-9(15)7-17-13/h1-4,6-7,11-12H,5H2,(H,16,17,18). The van der Waals surface area contributed by atoms with E-state index in [1.807, 2.05) is 18.2 Å². The first-order valence-corrected chi connectivity index (χ1v) is 6.13. The molecule has 3 rings (SSSR count). The van der Waals surface area contributed by atoms with Gasteiger partial charge in [-0.15, -0.1) is 11.6 Å². The van der Waals surface area contributed by atoms with Gasteiger partial charge in [0.2, 0.25) is 5.95 Å². The summed E-state index contributed by atoms with van der Waals surface area (Å²) in [6.45, 7) is 0. The van der Waals surface area contributed by atoms with Crippen LogP contribution in [0, 0.1) is 5.82 Å².